The lowest BCUT2D eigenvalue weighted by atomic mass is 10.2. The van der Waals surface area contributed by atoms with Gasteiger partial charge in [-0.2, -0.15) is 5.10 Å². The third-order valence-electron chi connectivity index (χ3n) is 2.73. The van der Waals surface area contributed by atoms with E-state index in [2.05, 4.69) is 10.4 Å². The second kappa shape index (κ2) is 5.75. The third-order valence-corrected chi connectivity index (χ3v) is 2.96. The van der Waals surface area contributed by atoms with Gasteiger partial charge < -0.3 is 10.4 Å². The van der Waals surface area contributed by atoms with Crippen molar-refractivity contribution >= 4 is 29.2 Å². The third kappa shape index (κ3) is 2.97. The number of aromatic nitrogens is 2. The van der Waals surface area contributed by atoms with Crippen molar-refractivity contribution < 1.29 is 14.7 Å². The molecule has 0 aliphatic rings. The summed E-state index contributed by atoms with van der Waals surface area (Å²) in [5.74, 6) is -1.51. The summed E-state index contributed by atoms with van der Waals surface area (Å²) in [7, 11) is 0. The number of anilines is 1. The number of rotatable bonds is 4. The zero-order valence-electron chi connectivity index (χ0n) is 10.6. The zero-order valence-corrected chi connectivity index (χ0v) is 11.3. The van der Waals surface area contributed by atoms with Gasteiger partial charge in [-0.05, 0) is 31.2 Å². The largest absolute Gasteiger partial charge is 0.477 e. The van der Waals surface area contributed by atoms with E-state index >= 15 is 0 Å². The van der Waals surface area contributed by atoms with E-state index in [1.807, 2.05) is 0 Å². The quantitative estimate of drug-likeness (QED) is 0.907. The van der Waals surface area contributed by atoms with Gasteiger partial charge in [0.15, 0.2) is 0 Å². The predicted octanol–water partition coefficient (Wildman–Crippen LogP) is 2.43. The highest BCUT2D eigenvalue weighted by atomic mass is 35.5. The highest BCUT2D eigenvalue weighted by molar-refractivity contribution is 6.30. The van der Waals surface area contributed by atoms with Gasteiger partial charge in [0.05, 0.1) is 0 Å². The molecule has 1 atom stereocenters. The summed E-state index contributed by atoms with van der Waals surface area (Å²) < 4.78 is 1.15. The van der Waals surface area contributed by atoms with Gasteiger partial charge in [0.2, 0.25) is 5.91 Å². The first kappa shape index (κ1) is 14.1. The van der Waals surface area contributed by atoms with Crippen LogP contribution in [0, 0.1) is 0 Å². The van der Waals surface area contributed by atoms with Gasteiger partial charge in [0.1, 0.15) is 11.7 Å². The first-order valence-electron chi connectivity index (χ1n) is 5.82. The van der Waals surface area contributed by atoms with Crippen LogP contribution in [-0.4, -0.2) is 26.8 Å². The molecule has 6 nitrogen and oxygen atoms in total. The fraction of sp³-hybridized carbons (Fsp3) is 0.154. The van der Waals surface area contributed by atoms with Crippen LogP contribution in [0.4, 0.5) is 5.69 Å². The van der Waals surface area contributed by atoms with Crippen molar-refractivity contribution in [2.75, 3.05) is 5.32 Å². The highest BCUT2D eigenvalue weighted by Crippen LogP contribution is 2.17. The molecule has 0 spiro atoms. The predicted molar refractivity (Wildman–Crippen MR) is 74.0 cm³/mol. The number of carboxylic acid groups (broad SMARTS) is 1. The molecule has 1 amide bonds. The molecule has 0 saturated heterocycles. The number of hydrogen-bond acceptors (Lipinski definition) is 3. The van der Waals surface area contributed by atoms with Crippen LogP contribution >= 0.6 is 11.6 Å². The topological polar surface area (TPSA) is 84.2 Å². The standard InChI is InChI=1S/C13H12ClN3O3/c1-8(17-11(13(19)20)5-6-15-17)12(18)16-10-4-2-3-9(14)7-10/h2-8H,1H3,(H,16,18)(H,19,20). The van der Waals surface area contributed by atoms with Crippen molar-refractivity contribution in [2.45, 2.75) is 13.0 Å². The number of amides is 1. The molecule has 0 aliphatic heterocycles. The Morgan fingerprint density at radius 1 is 1.40 bits per heavy atom. The van der Waals surface area contributed by atoms with Gasteiger partial charge in [0.25, 0.3) is 0 Å². The summed E-state index contributed by atoms with van der Waals surface area (Å²) in [5, 5.41) is 16.0. The summed E-state index contributed by atoms with van der Waals surface area (Å²) in [6, 6.07) is 7.28. The molecule has 0 bridgehead atoms. The molecule has 1 aromatic heterocycles. The molecule has 1 aromatic carbocycles. The molecule has 0 aliphatic carbocycles. The molecule has 0 fully saturated rings. The van der Waals surface area contributed by atoms with Crippen LogP contribution in [0.1, 0.15) is 23.5 Å². The Balaban J connectivity index is 2.16. The average Bonchev–Trinajstić information content (AvgIpc) is 2.87. The lowest BCUT2D eigenvalue weighted by Gasteiger charge is -2.14. The second-order valence-corrected chi connectivity index (χ2v) is 4.58. The van der Waals surface area contributed by atoms with Crippen LogP contribution in [-0.2, 0) is 4.79 Å². The van der Waals surface area contributed by atoms with Crippen molar-refractivity contribution in [3.8, 4) is 0 Å². The first-order chi connectivity index (χ1) is 9.49. The summed E-state index contributed by atoms with van der Waals surface area (Å²) >= 11 is 5.83. The second-order valence-electron chi connectivity index (χ2n) is 4.14. The molecule has 0 saturated carbocycles. The fourth-order valence-electron chi connectivity index (χ4n) is 1.72. The number of aromatic carboxylic acids is 1. The number of carbonyl (C=O) groups excluding carboxylic acids is 1. The molecule has 0 radical (unpaired) electrons. The molecule has 104 valence electrons. The van der Waals surface area contributed by atoms with Crippen LogP contribution in [0.5, 0.6) is 0 Å². The minimum absolute atomic E-state index is 0.0428. The number of benzene rings is 1. The number of carbonyl (C=O) groups is 2. The zero-order chi connectivity index (χ0) is 14.7. The molecular formula is C13H12ClN3O3. The van der Waals surface area contributed by atoms with Crippen LogP contribution in [0.25, 0.3) is 0 Å². The van der Waals surface area contributed by atoms with E-state index in [4.69, 9.17) is 16.7 Å². The Bertz CT molecular complexity index is 654. The number of nitrogens with one attached hydrogen (secondary N) is 1. The van der Waals surface area contributed by atoms with Crippen LogP contribution in [0.15, 0.2) is 36.5 Å². The number of carboxylic acids is 1. The minimum Gasteiger partial charge on any atom is -0.477 e. The summed E-state index contributed by atoms with van der Waals surface area (Å²) in [6.07, 6.45) is 1.34. The van der Waals surface area contributed by atoms with E-state index < -0.39 is 12.0 Å². The molecule has 2 N–H and O–H groups in total. The van der Waals surface area contributed by atoms with Gasteiger partial charge in [-0.25, -0.2) is 9.48 Å². The highest BCUT2D eigenvalue weighted by Gasteiger charge is 2.21. The molecule has 1 unspecified atom stereocenters. The lowest BCUT2D eigenvalue weighted by Crippen LogP contribution is -2.26. The molecule has 7 heteroatoms. The van der Waals surface area contributed by atoms with Crippen LogP contribution in [0.3, 0.4) is 0 Å². The van der Waals surface area contributed by atoms with Crippen molar-refractivity contribution in [1.29, 1.82) is 0 Å². The van der Waals surface area contributed by atoms with E-state index in [1.54, 1.807) is 31.2 Å². The Kier molecular flexibility index (Phi) is 4.05. The fourth-order valence-corrected chi connectivity index (χ4v) is 1.91. The van der Waals surface area contributed by atoms with Gasteiger partial charge in [-0.3, -0.25) is 4.79 Å². The monoisotopic (exact) mass is 293 g/mol. The maximum Gasteiger partial charge on any atom is 0.354 e. The molecule has 2 aromatic rings. The normalized spacial score (nSPS) is 11.9. The average molecular weight is 294 g/mol. The van der Waals surface area contributed by atoms with Crippen molar-refractivity contribution in [1.82, 2.24) is 9.78 Å². The van der Waals surface area contributed by atoms with E-state index in [0.717, 1.165) is 4.68 Å². The van der Waals surface area contributed by atoms with Gasteiger partial charge >= 0.3 is 5.97 Å². The SMILES string of the molecule is CC(C(=O)Nc1cccc(Cl)c1)n1nccc1C(=O)O. The molecular weight excluding hydrogens is 282 g/mol. The Hall–Kier alpha value is -2.34. The van der Waals surface area contributed by atoms with E-state index in [1.165, 1.54) is 12.3 Å². The van der Waals surface area contributed by atoms with Crippen molar-refractivity contribution in [3.05, 3.63) is 47.2 Å². The maximum atomic E-state index is 12.1. The number of hydrogen-bond donors (Lipinski definition) is 2. The summed E-state index contributed by atoms with van der Waals surface area (Å²) in [5.41, 5.74) is 0.497. The molecule has 2 rings (SSSR count). The minimum atomic E-state index is -1.13. The smallest absolute Gasteiger partial charge is 0.354 e. The van der Waals surface area contributed by atoms with E-state index in [0.29, 0.717) is 10.7 Å². The van der Waals surface area contributed by atoms with Gasteiger partial charge in [-0.15, -0.1) is 0 Å². The van der Waals surface area contributed by atoms with Gasteiger partial charge in [-0.1, -0.05) is 17.7 Å². The van der Waals surface area contributed by atoms with Crippen LogP contribution < -0.4 is 5.32 Å². The summed E-state index contributed by atoms with van der Waals surface area (Å²) in [4.78, 5) is 23.1. The number of nitrogens with zero attached hydrogens (tertiary/aromatic N) is 2. The Morgan fingerprint density at radius 2 is 2.15 bits per heavy atom. The van der Waals surface area contributed by atoms with Crippen LogP contribution in [0.2, 0.25) is 5.02 Å². The lowest BCUT2D eigenvalue weighted by molar-refractivity contribution is -0.119. The molecule has 1 heterocycles. The van der Waals surface area contributed by atoms with Crippen molar-refractivity contribution in [2.24, 2.45) is 0 Å². The Labute approximate surface area is 120 Å². The summed E-state index contributed by atoms with van der Waals surface area (Å²) in [6.45, 7) is 1.57. The Morgan fingerprint density at radius 3 is 2.80 bits per heavy atom. The number of halogens is 1. The first-order valence-corrected chi connectivity index (χ1v) is 6.20. The maximum absolute atomic E-state index is 12.1. The molecule has 20 heavy (non-hydrogen) atoms. The van der Waals surface area contributed by atoms with E-state index in [-0.39, 0.29) is 11.6 Å². The van der Waals surface area contributed by atoms with Crippen molar-refractivity contribution in [3.63, 3.8) is 0 Å². The van der Waals surface area contributed by atoms with E-state index in [9.17, 15) is 9.59 Å². The van der Waals surface area contributed by atoms with Gasteiger partial charge in [0, 0.05) is 16.9 Å².